The van der Waals surface area contributed by atoms with Crippen LogP contribution in [-0.4, -0.2) is 62.7 Å². The van der Waals surface area contributed by atoms with Crippen molar-refractivity contribution >= 4 is 44.1 Å². The van der Waals surface area contributed by atoms with Gasteiger partial charge in [-0.25, -0.2) is 17.5 Å². The average Bonchev–Trinajstić information content (AvgIpc) is 3.10. The molecule has 0 spiro atoms. The fourth-order valence-electron chi connectivity index (χ4n) is 3.34. The van der Waals surface area contributed by atoms with Gasteiger partial charge in [0.15, 0.2) is 0 Å². The number of rotatable bonds is 6. The molecule has 1 aliphatic heterocycles. The number of sulfonamides is 1. The summed E-state index contributed by atoms with van der Waals surface area (Å²) < 4.78 is 30.7. The first-order valence-electron chi connectivity index (χ1n) is 9.97. The van der Waals surface area contributed by atoms with Crippen molar-refractivity contribution in [2.75, 3.05) is 32.6 Å². The van der Waals surface area contributed by atoms with Crippen LogP contribution in [0.5, 0.6) is 0 Å². The Labute approximate surface area is 191 Å². The van der Waals surface area contributed by atoms with Crippen LogP contribution >= 0.6 is 11.3 Å². The molecule has 9 nitrogen and oxygen atoms in total. The van der Waals surface area contributed by atoms with Gasteiger partial charge in [0.1, 0.15) is 5.00 Å². The van der Waals surface area contributed by atoms with Gasteiger partial charge in [-0.05, 0) is 43.2 Å². The minimum atomic E-state index is -3.61. The maximum atomic E-state index is 12.8. The first-order valence-corrected chi connectivity index (χ1v) is 12.2. The van der Waals surface area contributed by atoms with E-state index in [1.54, 1.807) is 11.8 Å². The molecule has 0 bridgehead atoms. The summed E-state index contributed by atoms with van der Waals surface area (Å²) in [6.45, 7) is 4.25. The molecule has 0 aliphatic carbocycles. The van der Waals surface area contributed by atoms with Gasteiger partial charge in [-0.1, -0.05) is 0 Å². The highest BCUT2D eigenvalue weighted by Gasteiger charge is 2.30. The number of carbonyl (C=O) groups is 3. The number of benzene rings is 1. The normalized spacial score (nSPS) is 13.6. The highest BCUT2D eigenvalue weighted by Crippen LogP contribution is 2.38. The van der Waals surface area contributed by atoms with Crippen LogP contribution in [-0.2, 0) is 32.5 Å². The molecular weight excluding hydrogens is 454 g/mol. The van der Waals surface area contributed by atoms with Crippen molar-refractivity contribution < 1.29 is 27.5 Å². The van der Waals surface area contributed by atoms with E-state index in [4.69, 9.17) is 4.74 Å². The van der Waals surface area contributed by atoms with Gasteiger partial charge in [0.05, 0.1) is 23.6 Å². The Kier molecular flexibility index (Phi) is 7.01. The first-order chi connectivity index (χ1) is 15.1. The van der Waals surface area contributed by atoms with Crippen molar-refractivity contribution in [2.45, 2.75) is 31.7 Å². The molecule has 172 valence electrons. The zero-order chi connectivity index (χ0) is 23.6. The Balaban J connectivity index is 1.90. The Morgan fingerprint density at radius 2 is 1.84 bits per heavy atom. The van der Waals surface area contributed by atoms with E-state index in [1.165, 1.54) is 56.6 Å². The van der Waals surface area contributed by atoms with Gasteiger partial charge in [-0.3, -0.25) is 9.59 Å². The average molecular weight is 480 g/mol. The molecule has 1 aromatic carbocycles. The molecule has 2 heterocycles. The molecule has 2 aromatic rings. The number of nitrogens with one attached hydrogen (secondary N) is 1. The molecule has 0 atom stereocenters. The SMILES string of the molecule is CCOC(=O)c1c(NC(=O)c2ccc(S(=O)(=O)N(C)C)cc2)sc2c1CCN(C(C)=O)C2. The lowest BCUT2D eigenvalue weighted by atomic mass is 10.0. The molecule has 0 fully saturated rings. The lowest BCUT2D eigenvalue weighted by Gasteiger charge is -2.25. The number of amides is 2. The Bertz CT molecular complexity index is 1150. The summed E-state index contributed by atoms with van der Waals surface area (Å²) in [5, 5.41) is 3.12. The number of hydrogen-bond donors (Lipinski definition) is 1. The molecule has 32 heavy (non-hydrogen) atoms. The topological polar surface area (TPSA) is 113 Å². The number of thiophene rings is 1. The molecule has 11 heteroatoms. The maximum absolute atomic E-state index is 12.8. The van der Waals surface area contributed by atoms with Crippen LogP contribution in [0.15, 0.2) is 29.2 Å². The van der Waals surface area contributed by atoms with Crippen LogP contribution in [0.1, 0.15) is 45.0 Å². The monoisotopic (exact) mass is 479 g/mol. The predicted octanol–water partition coefficient (Wildman–Crippen LogP) is 2.33. The Morgan fingerprint density at radius 3 is 2.41 bits per heavy atom. The second kappa shape index (κ2) is 9.39. The van der Waals surface area contributed by atoms with Crippen molar-refractivity contribution in [3.8, 4) is 0 Å². The predicted molar refractivity (Wildman–Crippen MR) is 120 cm³/mol. The van der Waals surface area contributed by atoms with Crippen LogP contribution in [0.2, 0.25) is 0 Å². The lowest BCUT2D eigenvalue weighted by Crippen LogP contribution is -2.34. The van der Waals surface area contributed by atoms with Crippen LogP contribution in [0.4, 0.5) is 5.00 Å². The molecular formula is C21H25N3O6S2. The van der Waals surface area contributed by atoms with Gasteiger partial charge in [-0.15, -0.1) is 11.3 Å². The van der Waals surface area contributed by atoms with E-state index in [0.717, 1.165) is 14.7 Å². The number of esters is 1. The van der Waals surface area contributed by atoms with Gasteiger partial charge >= 0.3 is 5.97 Å². The summed E-state index contributed by atoms with van der Waals surface area (Å²) in [5.41, 5.74) is 1.35. The van der Waals surface area contributed by atoms with Gasteiger partial charge in [-0.2, -0.15) is 0 Å². The molecule has 0 unspecified atom stereocenters. The number of nitrogens with zero attached hydrogens (tertiary/aromatic N) is 2. The molecule has 0 radical (unpaired) electrons. The van der Waals surface area contributed by atoms with Crippen LogP contribution in [0, 0.1) is 0 Å². The number of carbonyl (C=O) groups excluding carboxylic acids is 3. The summed E-state index contributed by atoms with van der Waals surface area (Å²) >= 11 is 1.24. The molecule has 2 amide bonds. The van der Waals surface area contributed by atoms with Crippen LogP contribution < -0.4 is 5.32 Å². The maximum Gasteiger partial charge on any atom is 0.341 e. The number of hydrogen-bond acceptors (Lipinski definition) is 7. The largest absolute Gasteiger partial charge is 0.462 e. The van der Waals surface area contributed by atoms with Gasteiger partial charge in [0.2, 0.25) is 15.9 Å². The van der Waals surface area contributed by atoms with Crippen LogP contribution in [0.25, 0.3) is 0 Å². The Morgan fingerprint density at radius 1 is 1.19 bits per heavy atom. The fraction of sp³-hybridized carbons (Fsp3) is 0.381. The third-order valence-corrected chi connectivity index (χ3v) is 8.07. The van der Waals surface area contributed by atoms with E-state index in [2.05, 4.69) is 5.32 Å². The van der Waals surface area contributed by atoms with Gasteiger partial charge in [0.25, 0.3) is 5.91 Å². The highest BCUT2D eigenvalue weighted by atomic mass is 32.2. The summed E-state index contributed by atoms with van der Waals surface area (Å²) in [6.07, 6.45) is 0.493. The minimum Gasteiger partial charge on any atom is -0.462 e. The van der Waals surface area contributed by atoms with Gasteiger partial charge < -0.3 is 15.0 Å². The summed E-state index contributed by atoms with van der Waals surface area (Å²) in [6, 6.07) is 5.56. The third-order valence-electron chi connectivity index (χ3n) is 5.10. The molecule has 0 saturated heterocycles. The number of fused-ring (bicyclic) bond motifs is 1. The lowest BCUT2D eigenvalue weighted by molar-refractivity contribution is -0.129. The summed E-state index contributed by atoms with van der Waals surface area (Å²) in [7, 11) is -0.748. The standard InChI is InChI=1S/C21H25N3O6S2/c1-5-30-21(27)18-16-10-11-24(13(2)25)12-17(16)31-20(18)22-19(26)14-6-8-15(9-7-14)32(28,29)23(3)4/h6-9H,5,10-12H2,1-4H3,(H,22,26). The second-order valence-electron chi connectivity index (χ2n) is 7.38. The fourth-order valence-corrected chi connectivity index (χ4v) is 5.49. The molecule has 3 rings (SSSR count). The van der Waals surface area contributed by atoms with Crippen molar-refractivity contribution in [3.63, 3.8) is 0 Å². The van der Waals surface area contributed by atoms with Gasteiger partial charge in [0, 0.05) is 38.0 Å². The molecule has 0 saturated carbocycles. The summed E-state index contributed by atoms with van der Waals surface area (Å²) in [4.78, 5) is 39.8. The molecule has 1 aliphatic rings. The van der Waals surface area contributed by atoms with E-state index in [9.17, 15) is 22.8 Å². The molecule has 1 aromatic heterocycles. The zero-order valence-electron chi connectivity index (χ0n) is 18.3. The minimum absolute atomic E-state index is 0.0555. The third kappa shape index (κ3) is 4.69. The zero-order valence-corrected chi connectivity index (χ0v) is 19.9. The van der Waals surface area contributed by atoms with Crippen molar-refractivity contribution in [1.29, 1.82) is 0 Å². The smallest absolute Gasteiger partial charge is 0.341 e. The van der Waals surface area contributed by atoms with Crippen molar-refractivity contribution in [3.05, 3.63) is 45.8 Å². The van der Waals surface area contributed by atoms with Crippen molar-refractivity contribution in [2.24, 2.45) is 0 Å². The van der Waals surface area contributed by atoms with E-state index >= 15 is 0 Å². The molecule has 1 N–H and O–H groups in total. The Hall–Kier alpha value is -2.76. The van der Waals surface area contributed by atoms with E-state index in [0.29, 0.717) is 30.1 Å². The van der Waals surface area contributed by atoms with E-state index < -0.39 is 21.9 Å². The highest BCUT2D eigenvalue weighted by molar-refractivity contribution is 7.89. The quantitative estimate of drug-likeness (QED) is 0.637. The van der Waals surface area contributed by atoms with Crippen molar-refractivity contribution in [1.82, 2.24) is 9.21 Å². The number of ether oxygens (including phenoxy) is 1. The van der Waals surface area contributed by atoms with E-state index in [1.807, 2.05) is 0 Å². The van der Waals surface area contributed by atoms with Crippen LogP contribution in [0.3, 0.4) is 0 Å². The second-order valence-corrected chi connectivity index (χ2v) is 10.6. The van der Waals surface area contributed by atoms with E-state index in [-0.39, 0.29) is 23.0 Å². The number of anilines is 1. The summed E-state index contributed by atoms with van der Waals surface area (Å²) in [5.74, 6) is -1.06. The first kappa shape index (κ1) is 23.9.